The summed E-state index contributed by atoms with van der Waals surface area (Å²) in [5.41, 5.74) is 5.63. The topological polar surface area (TPSA) is 43.1 Å². The number of hydrogen-bond acceptors (Lipinski definition) is 2. The van der Waals surface area contributed by atoms with Gasteiger partial charge in [0.2, 0.25) is 0 Å². The monoisotopic (exact) mass is 211 g/mol. The Labute approximate surface area is 93.6 Å². The first-order valence-corrected chi connectivity index (χ1v) is 6.33. The van der Waals surface area contributed by atoms with E-state index in [2.05, 4.69) is 20.8 Å². The predicted molar refractivity (Wildman–Crippen MR) is 63.5 cm³/mol. The summed E-state index contributed by atoms with van der Waals surface area (Å²) in [4.78, 5) is 12.1. The molecule has 1 aliphatic rings. The maximum absolute atomic E-state index is 12.1. The SMILES string of the molecule is CCC(CN)C(=O)C1CCC(C)C(C)C1. The molecule has 0 amide bonds. The van der Waals surface area contributed by atoms with E-state index in [0.29, 0.717) is 24.2 Å². The van der Waals surface area contributed by atoms with Crippen molar-refractivity contribution < 1.29 is 4.79 Å². The fraction of sp³-hybridized carbons (Fsp3) is 0.923. The molecule has 2 N–H and O–H groups in total. The van der Waals surface area contributed by atoms with Crippen LogP contribution in [0.3, 0.4) is 0 Å². The number of rotatable bonds is 4. The lowest BCUT2D eigenvalue weighted by Gasteiger charge is -2.32. The van der Waals surface area contributed by atoms with E-state index in [1.54, 1.807) is 0 Å². The quantitative estimate of drug-likeness (QED) is 0.776. The number of carbonyl (C=O) groups excluding carboxylic acids is 1. The average Bonchev–Trinajstić information content (AvgIpc) is 2.23. The minimum Gasteiger partial charge on any atom is -0.330 e. The standard InChI is InChI=1S/C13H25NO/c1-4-11(8-14)13(15)12-6-5-9(2)10(3)7-12/h9-12H,4-8,14H2,1-3H3. The normalized spacial score (nSPS) is 33.7. The van der Waals surface area contributed by atoms with Crippen LogP contribution in [0.4, 0.5) is 0 Å². The summed E-state index contributed by atoms with van der Waals surface area (Å²) in [5, 5.41) is 0. The van der Waals surface area contributed by atoms with Gasteiger partial charge in [-0.3, -0.25) is 4.79 Å². The summed E-state index contributed by atoms with van der Waals surface area (Å²) in [6.45, 7) is 7.15. The molecule has 4 unspecified atom stereocenters. The van der Waals surface area contributed by atoms with Crippen LogP contribution in [0.5, 0.6) is 0 Å². The Kier molecular flexibility index (Phi) is 4.78. The Hall–Kier alpha value is -0.370. The Morgan fingerprint density at radius 2 is 2.00 bits per heavy atom. The van der Waals surface area contributed by atoms with E-state index >= 15 is 0 Å². The highest BCUT2D eigenvalue weighted by Crippen LogP contribution is 2.35. The second kappa shape index (κ2) is 5.64. The number of carbonyl (C=O) groups is 1. The highest BCUT2D eigenvalue weighted by Gasteiger charge is 2.31. The van der Waals surface area contributed by atoms with E-state index < -0.39 is 0 Å². The highest BCUT2D eigenvalue weighted by molar-refractivity contribution is 5.83. The van der Waals surface area contributed by atoms with Gasteiger partial charge in [-0.25, -0.2) is 0 Å². The maximum atomic E-state index is 12.1. The van der Waals surface area contributed by atoms with E-state index in [1.165, 1.54) is 6.42 Å². The van der Waals surface area contributed by atoms with Crippen molar-refractivity contribution >= 4 is 5.78 Å². The van der Waals surface area contributed by atoms with Crippen LogP contribution in [0.2, 0.25) is 0 Å². The zero-order chi connectivity index (χ0) is 11.4. The molecular formula is C13H25NO. The molecule has 2 nitrogen and oxygen atoms in total. The molecule has 0 heterocycles. The molecule has 0 aromatic rings. The molecule has 15 heavy (non-hydrogen) atoms. The van der Waals surface area contributed by atoms with Gasteiger partial charge in [0.1, 0.15) is 5.78 Å². The molecular weight excluding hydrogens is 186 g/mol. The third kappa shape index (κ3) is 3.04. The van der Waals surface area contributed by atoms with Crippen LogP contribution in [-0.4, -0.2) is 12.3 Å². The van der Waals surface area contributed by atoms with Gasteiger partial charge in [-0.1, -0.05) is 20.8 Å². The fourth-order valence-electron chi connectivity index (χ4n) is 2.62. The summed E-state index contributed by atoms with van der Waals surface area (Å²) >= 11 is 0. The first-order valence-electron chi connectivity index (χ1n) is 6.33. The molecule has 0 aromatic carbocycles. The molecule has 2 heteroatoms. The molecule has 0 spiro atoms. The van der Waals surface area contributed by atoms with Gasteiger partial charge in [0.25, 0.3) is 0 Å². The van der Waals surface area contributed by atoms with E-state index in [1.807, 2.05) is 0 Å². The van der Waals surface area contributed by atoms with E-state index in [0.717, 1.165) is 25.2 Å². The lowest BCUT2D eigenvalue weighted by atomic mass is 9.72. The van der Waals surface area contributed by atoms with Gasteiger partial charge in [-0.05, 0) is 37.5 Å². The molecule has 0 saturated heterocycles. The van der Waals surface area contributed by atoms with Gasteiger partial charge in [0.05, 0.1) is 0 Å². The van der Waals surface area contributed by atoms with Crippen LogP contribution in [0.1, 0.15) is 46.5 Å². The van der Waals surface area contributed by atoms with Crippen molar-refractivity contribution in [3.05, 3.63) is 0 Å². The highest BCUT2D eigenvalue weighted by atomic mass is 16.1. The first-order chi connectivity index (χ1) is 7.10. The molecule has 0 radical (unpaired) electrons. The number of Topliss-reactive ketones (excluding diaryl/α,β-unsaturated/α-hetero) is 1. The Balaban J connectivity index is 2.53. The van der Waals surface area contributed by atoms with Crippen LogP contribution in [0, 0.1) is 23.7 Å². The lowest BCUT2D eigenvalue weighted by molar-refractivity contribution is -0.128. The van der Waals surface area contributed by atoms with Gasteiger partial charge >= 0.3 is 0 Å². The van der Waals surface area contributed by atoms with Gasteiger partial charge in [-0.2, -0.15) is 0 Å². The summed E-state index contributed by atoms with van der Waals surface area (Å²) < 4.78 is 0. The fourth-order valence-corrected chi connectivity index (χ4v) is 2.62. The Morgan fingerprint density at radius 3 is 2.47 bits per heavy atom. The third-order valence-corrected chi connectivity index (χ3v) is 4.18. The van der Waals surface area contributed by atoms with Gasteiger partial charge < -0.3 is 5.73 Å². The zero-order valence-corrected chi connectivity index (χ0v) is 10.3. The molecule has 0 aliphatic heterocycles. The van der Waals surface area contributed by atoms with E-state index in [4.69, 9.17) is 5.73 Å². The second-order valence-electron chi connectivity index (χ2n) is 5.21. The van der Waals surface area contributed by atoms with Crippen LogP contribution in [0.15, 0.2) is 0 Å². The predicted octanol–water partition coefficient (Wildman–Crippen LogP) is 2.61. The maximum Gasteiger partial charge on any atom is 0.140 e. The van der Waals surface area contributed by atoms with Crippen molar-refractivity contribution in [2.75, 3.05) is 6.54 Å². The first kappa shape index (κ1) is 12.7. The Morgan fingerprint density at radius 1 is 1.33 bits per heavy atom. The lowest BCUT2D eigenvalue weighted by Crippen LogP contribution is -2.33. The molecule has 1 aliphatic carbocycles. The van der Waals surface area contributed by atoms with Crippen molar-refractivity contribution in [1.29, 1.82) is 0 Å². The van der Waals surface area contributed by atoms with Crippen LogP contribution in [0.25, 0.3) is 0 Å². The van der Waals surface area contributed by atoms with Gasteiger partial charge in [0, 0.05) is 18.4 Å². The molecule has 1 saturated carbocycles. The van der Waals surface area contributed by atoms with Crippen LogP contribution < -0.4 is 5.73 Å². The number of nitrogens with two attached hydrogens (primary N) is 1. The molecule has 0 aromatic heterocycles. The Bertz CT molecular complexity index is 211. The summed E-state index contributed by atoms with van der Waals surface area (Å²) in [7, 11) is 0. The molecule has 4 atom stereocenters. The number of hydrogen-bond donors (Lipinski definition) is 1. The van der Waals surface area contributed by atoms with E-state index in [-0.39, 0.29) is 5.92 Å². The number of ketones is 1. The van der Waals surface area contributed by atoms with E-state index in [9.17, 15) is 4.79 Å². The molecule has 0 bridgehead atoms. The van der Waals surface area contributed by atoms with Crippen LogP contribution >= 0.6 is 0 Å². The van der Waals surface area contributed by atoms with Gasteiger partial charge in [0.15, 0.2) is 0 Å². The summed E-state index contributed by atoms with van der Waals surface area (Å²) in [5.74, 6) is 2.31. The van der Waals surface area contributed by atoms with Crippen molar-refractivity contribution in [2.45, 2.75) is 46.5 Å². The smallest absolute Gasteiger partial charge is 0.140 e. The van der Waals surface area contributed by atoms with Crippen molar-refractivity contribution in [2.24, 2.45) is 29.4 Å². The second-order valence-corrected chi connectivity index (χ2v) is 5.21. The molecule has 88 valence electrons. The minimum atomic E-state index is 0.107. The average molecular weight is 211 g/mol. The minimum absolute atomic E-state index is 0.107. The van der Waals surface area contributed by atoms with Crippen molar-refractivity contribution in [1.82, 2.24) is 0 Å². The summed E-state index contributed by atoms with van der Waals surface area (Å²) in [6.07, 6.45) is 4.27. The van der Waals surface area contributed by atoms with Crippen LogP contribution in [-0.2, 0) is 4.79 Å². The summed E-state index contributed by atoms with van der Waals surface area (Å²) in [6, 6.07) is 0. The van der Waals surface area contributed by atoms with Crippen molar-refractivity contribution in [3.63, 3.8) is 0 Å². The largest absolute Gasteiger partial charge is 0.330 e. The molecule has 1 rings (SSSR count). The molecule has 1 fully saturated rings. The zero-order valence-electron chi connectivity index (χ0n) is 10.3. The van der Waals surface area contributed by atoms with Gasteiger partial charge in [-0.15, -0.1) is 0 Å². The third-order valence-electron chi connectivity index (χ3n) is 4.18. The van der Waals surface area contributed by atoms with Crippen molar-refractivity contribution in [3.8, 4) is 0 Å².